The summed E-state index contributed by atoms with van der Waals surface area (Å²) in [4.78, 5) is 40.7. The van der Waals surface area contributed by atoms with E-state index >= 15 is 0 Å². The van der Waals surface area contributed by atoms with Gasteiger partial charge >= 0.3 is 5.97 Å². The number of rotatable bonds is 9. The highest BCUT2D eigenvalue weighted by Crippen LogP contribution is 2.19. The van der Waals surface area contributed by atoms with E-state index in [0.717, 1.165) is 32.2 Å². The molecule has 2 heterocycles. The lowest BCUT2D eigenvalue weighted by Crippen LogP contribution is -2.45. The van der Waals surface area contributed by atoms with Crippen LogP contribution in [0.25, 0.3) is 0 Å². The summed E-state index contributed by atoms with van der Waals surface area (Å²) in [5, 5.41) is 3.23. The number of nitrogens with one attached hydrogen (secondary N) is 1. The maximum absolute atomic E-state index is 12.5. The Hall–Kier alpha value is -2.13. The quantitative estimate of drug-likeness (QED) is 0.583. The van der Waals surface area contributed by atoms with Crippen molar-refractivity contribution in [3.63, 3.8) is 0 Å². The van der Waals surface area contributed by atoms with Crippen LogP contribution in [-0.2, 0) is 20.9 Å². The molecule has 1 aliphatic rings. The van der Waals surface area contributed by atoms with Gasteiger partial charge < -0.3 is 15.8 Å². The number of hydrogen-bond acceptors (Lipinski definition) is 7. The lowest BCUT2D eigenvalue weighted by atomic mass is 9.99. The van der Waals surface area contributed by atoms with Crippen LogP contribution in [0.3, 0.4) is 0 Å². The van der Waals surface area contributed by atoms with Crippen LogP contribution in [0.1, 0.15) is 32.6 Å². The fraction of sp³-hybridized carbons (Fsp3) is 0.647. The molecule has 1 fully saturated rings. The molecule has 27 heavy (non-hydrogen) atoms. The van der Waals surface area contributed by atoms with Gasteiger partial charge in [0.1, 0.15) is 11.8 Å². The summed E-state index contributed by atoms with van der Waals surface area (Å²) in [5.41, 5.74) is 4.95. The summed E-state index contributed by atoms with van der Waals surface area (Å²) in [6, 6.07) is 0.247. The van der Waals surface area contributed by atoms with Crippen molar-refractivity contribution in [1.29, 1.82) is 0 Å². The zero-order valence-electron chi connectivity index (χ0n) is 15.4. The number of ether oxygens (including phenoxy) is 1. The van der Waals surface area contributed by atoms with Crippen molar-refractivity contribution in [2.45, 2.75) is 45.2 Å². The third kappa shape index (κ3) is 6.51. The largest absolute Gasteiger partial charge is 0.464 e. The lowest BCUT2D eigenvalue weighted by molar-refractivity contribution is -0.141. The van der Waals surface area contributed by atoms with E-state index in [-0.39, 0.29) is 48.2 Å². The highest BCUT2D eigenvalue weighted by atomic mass is 35.5. The molecule has 1 aromatic rings. The number of primary amides is 1. The minimum Gasteiger partial charge on any atom is -0.464 e. The number of amides is 1. The van der Waals surface area contributed by atoms with Gasteiger partial charge in [0, 0.05) is 19.5 Å². The number of nitrogens with two attached hydrogens (primary N) is 1. The Morgan fingerprint density at radius 2 is 2.22 bits per heavy atom. The Morgan fingerprint density at radius 1 is 1.44 bits per heavy atom. The first-order valence-electron chi connectivity index (χ1n) is 9.03. The van der Waals surface area contributed by atoms with Crippen LogP contribution >= 0.6 is 11.6 Å². The topological polar surface area (TPSA) is 120 Å². The van der Waals surface area contributed by atoms with E-state index in [1.165, 1.54) is 17.7 Å². The third-order valence-corrected chi connectivity index (χ3v) is 4.81. The summed E-state index contributed by atoms with van der Waals surface area (Å²) < 4.78 is 6.16. The van der Waals surface area contributed by atoms with Gasteiger partial charge in [0.15, 0.2) is 5.82 Å². The van der Waals surface area contributed by atoms with Crippen LogP contribution < -0.4 is 16.6 Å². The van der Waals surface area contributed by atoms with E-state index in [9.17, 15) is 14.4 Å². The summed E-state index contributed by atoms with van der Waals surface area (Å²) in [5.74, 6) is -0.552. The van der Waals surface area contributed by atoms with Gasteiger partial charge in [-0.25, -0.2) is 4.98 Å². The van der Waals surface area contributed by atoms with Gasteiger partial charge in [-0.05, 0) is 25.8 Å². The fourth-order valence-electron chi connectivity index (χ4n) is 3.23. The number of likely N-dealkylation sites (tertiary alicyclic amines) is 1. The number of nitrogens with zero attached hydrogens (tertiary/aromatic N) is 3. The van der Waals surface area contributed by atoms with Crippen LogP contribution in [-0.4, -0.2) is 58.6 Å². The first kappa shape index (κ1) is 21.2. The van der Waals surface area contributed by atoms with E-state index in [0.29, 0.717) is 6.54 Å². The highest BCUT2D eigenvalue weighted by Gasteiger charge is 2.23. The van der Waals surface area contributed by atoms with E-state index in [2.05, 4.69) is 15.2 Å². The van der Waals surface area contributed by atoms with Gasteiger partial charge in [-0.15, -0.1) is 0 Å². The van der Waals surface area contributed by atoms with Crippen LogP contribution in [0, 0.1) is 0 Å². The zero-order chi connectivity index (χ0) is 19.8. The van der Waals surface area contributed by atoms with Crippen LogP contribution in [0.4, 0.5) is 5.82 Å². The molecule has 0 bridgehead atoms. The second kappa shape index (κ2) is 10.3. The lowest BCUT2D eigenvalue weighted by Gasteiger charge is -2.34. The molecule has 1 atom stereocenters. The number of aromatic nitrogens is 2. The number of carbonyl (C=O) groups excluding carboxylic acids is 2. The van der Waals surface area contributed by atoms with E-state index in [4.69, 9.17) is 22.1 Å². The molecule has 0 saturated carbocycles. The van der Waals surface area contributed by atoms with Crippen molar-refractivity contribution in [3.8, 4) is 0 Å². The minimum absolute atomic E-state index is 0.0581. The first-order valence-corrected chi connectivity index (χ1v) is 9.41. The number of piperidine rings is 1. The molecule has 1 saturated heterocycles. The molecular weight excluding hydrogens is 374 g/mol. The maximum Gasteiger partial charge on any atom is 0.302 e. The first-order chi connectivity index (χ1) is 12.9. The molecule has 1 amide bonds. The van der Waals surface area contributed by atoms with Gasteiger partial charge in [0.2, 0.25) is 5.91 Å². The Labute approximate surface area is 162 Å². The van der Waals surface area contributed by atoms with Crippen molar-refractivity contribution < 1.29 is 14.3 Å². The van der Waals surface area contributed by atoms with Crippen LogP contribution in [0.15, 0.2) is 11.0 Å². The van der Waals surface area contributed by atoms with Crippen molar-refractivity contribution in [3.05, 3.63) is 21.7 Å². The molecule has 0 aliphatic carbocycles. The van der Waals surface area contributed by atoms with E-state index in [1.807, 2.05) is 0 Å². The van der Waals surface area contributed by atoms with Crippen molar-refractivity contribution in [2.75, 3.05) is 31.6 Å². The number of anilines is 1. The highest BCUT2D eigenvalue weighted by molar-refractivity contribution is 6.29. The van der Waals surface area contributed by atoms with Gasteiger partial charge in [-0.3, -0.25) is 23.9 Å². The predicted octanol–water partition coefficient (Wildman–Crippen LogP) is 0.602. The SMILES string of the molecule is CC(=O)OCCn1c(Cl)cnc(NCCC2CCCCN2CC(N)=O)c1=O. The van der Waals surface area contributed by atoms with Gasteiger partial charge in [-0.2, -0.15) is 0 Å². The summed E-state index contributed by atoms with van der Waals surface area (Å²) in [6.45, 7) is 3.17. The smallest absolute Gasteiger partial charge is 0.302 e. The second-order valence-corrected chi connectivity index (χ2v) is 6.92. The molecular formula is C17H26ClN5O4. The number of carbonyl (C=O) groups is 2. The third-order valence-electron chi connectivity index (χ3n) is 4.50. The van der Waals surface area contributed by atoms with Crippen molar-refractivity contribution >= 4 is 29.3 Å². The molecule has 3 N–H and O–H groups in total. The minimum atomic E-state index is -0.417. The molecule has 0 aromatic carbocycles. The average molecular weight is 400 g/mol. The van der Waals surface area contributed by atoms with E-state index < -0.39 is 5.97 Å². The molecule has 1 unspecified atom stereocenters. The molecule has 1 aromatic heterocycles. The molecule has 10 heteroatoms. The summed E-state index contributed by atoms with van der Waals surface area (Å²) in [7, 11) is 0. The fourth-order valence-corrected chi connectivity index (χ4v) is 3.44. The standard InChI is InChI=1S/C17H26ClN5O4/c1-12(24)27-9-8-23-14(18)10-21-16(17(23)26)20-6-5-13-4-2-3-7-22(13)11-15(19)25/h10,13H,2-9,11H2,1H3,(H2,19,25)(H,20,21). The van der Waals surface area contributed by atoms with Crippen LogP contribution in [0.2, 0.25) is 5.15 Å². The van der Waals surface area contributed by atoms with E-state index in [1.54, 1.807) is 0 Å². The van der Waals surface area contributed by atoms with Crippen molar-refractivity contribution in [2.24, 2.45) is 5.73 Å². The Morgan fingerprint density at radius 3 is 2.93 bits per heavy atom. The second-order valence-electron chi connectivity index (χ2n) is 6.53. The number of esters is 1. The molecule has 1 aliphatic heterocycles. The monoisotopic (exact) mass is 399 g/mol. The Bertz CT molecular complexity index is 724. The van der Waals surface area contributed by atoms with Gasteiger partial charge in [-0.1, -0.05) is 18.0 Å². The average Bonchev–Trinajstić information content (AvgIpc) is 2.60. The molecule has 150 valence electrons. The number of hydrogen-bond donors (Lipinski definition) is 2. The van der Waals surface area contributed by atoms with Gasteiger partial charge in [0.05, 0.1) is 19.3 Å². The number of halogens is 1. The summed E-state index contributed by atoms with van der Waals surface area (Å²) >= 11 is 6.02. The molecule has 0 spiro atoms. The normalized spacial score (nSPS) is 17.5. The Balaban J connectivity index is 1.94. The Kier molecular flexibility index (Phi) is 8.05. The zero-order valence-corrected chi connectivity index (χ0v) is 16.2. The van der Waals surface area contributed by atoms with Gasteiger partial charge in [0.25, 0.3) is 5.56 Å². The molecule has 2 rings (SSSR count). The predicted molar refractivity (Wildman–Crippen MR) is 102 cm³/mol. The molecule has 0 radical (unpaired) electrons. The maximum atomic E-state index is 12.5. The summed E-state index contributed by atoms with van der Waals surface area (Å²) in [6.07, 6.45) is 5.32. The van der Waals surface area contributed by atoms with Crippen molar-refractivity contribution in [1.82, 2.24) is 14.5 Å². The van der Waals surface area contributed by atoms with Crippen LogP contribution in [0.5, 0.6) is 0 Å². The molecule has 9 nitrogen and oxygen atoms in total.